The summed E-state index contributed by atoms with van der Waals surface area (Å²) in [7, 11) is 0. The van der Waals surface area contributed by atoms with Gasteiger partial charge in [-0.2, -0.15) is 0 Å². The van der Waals surface area contributed by atoms with Crippen LogP contribution in [0.25, 0.3) is 0 Å². The van der Waals surface area contributed by atoms with Gasteiger partial charge in [-0.25, -0.2) is 0 Å². The van der Waals surface area contributed by atoms with Crippen molar-refractivity contribution in [2.45, 2.75) is 12.8 Å². The van der Waals surface area contributed by atoms with Gasteiger partial charge in [-0.05, 0) is 64.0 Å². The van der Waals surface area contributed by atoms with Crippen molar-refractivity contribution in [2.24, 2.45) is 5.92 Å². The van der Waals surface area contributed by atoms with Crippen molar-refractivity contribution in [1.82, 2.24) is 4.98 Å². The van der Waals surface area contributed by atoms with E-state index in [0.717, 1.165) is 27.9 Å². The van der Waals surface area contributed by atoms with Gasteiger partial charge in [-0.15, -0.1) is 0 Å². The average Bonchev–Trinajstić information content (AvgIpc) is 2.40. The first kappa shape index (κ1) is 14.5. The number of aliphatic hydroxyl groups excluding tert-OH is 1. The second-order valence-corrected chi connectivity index (χ2v) is 5.95. The number of rotatable bonds is 5. The summed E-state index contributed by atoms with van der Waals surface area (Å²) in [5.74, 6) is 0.192. The van der Waals surface area contributed by atoms with Gasteiger partial charge in [0.05, 0.1) is 0 Å². The molecule has 2 rings (SSSR count). The molecule has 1 atom stereocenters. The van der Waals surface area contributed by atoms with Crippen LogP contribution in [0.1, 0.15) is 11.1 Å². The molecule has 0 aliphatic heterocycles. The fraction of sp³-hybridized carbons (Fsp3) is 0.267. The summed E-state index contributed by atoms with van der Waals surface area (Å²) in [6, 6.07) is 9.81. The number of hydrogen-bond donors (Lipinski definition) is 1. The van der Waals surface area contributed by atoms with Gasteiger partial charge < -0.3 is 5.11 Å². The standard InChI is InChI=1S/C15H15BrClNO/c16-14-7-12(8-18-9-14)6-13(10-19)5-11-1-3-15(17)4-2-11/h1-4,7-9,13,19H,5-6,10H2. The van der Waals surface area contributed by atoms with E-state index >= 15 is 0 Å². The molecule has 2 nitrogen and oxygen atoms in total. The van der Waals surface area contributed by atoms with Crippen molar-refractivity contribution in [3.8, 4) is 0 Å². The summed E-state index contributed by atoms with van der Waals surface area (Å²) in [6.45, 7) is 0.162. The maximum Gasteiger partial charge on any atom is 0.0465 e. The molecule has 0 spiro atoms. The molecule has 0 bridgehead atoms. The molecule has 0 fully saturated rings. The van der Waals surface area contributed by atoms with Crippen molar-refractivity contribution in [2.75, 3.05) is 6.61 Å². The molecule has 1 aromatic carbocycles. The topological polar surface area (TPSA) is 33.1 Å². The van der Waals surface area contributed by atoms with Gasteiger partial charge in [0.15, 0.2) is 0 Å². The van der Waals surface area contributed by atoms with Gasteiger partial charge in [-0.1, -0.05) is 23.7 Å². The van der Waals surface area contributed by atoms with E-state index in [0.29, 0.717) is 0 Å². The molecule has 1 heterocycles. The normalized spacial score (nSPS) is 12.4. The number of aromatic nitrogens is 1. The minimum atomic E-state index is 0.162. The number of pyridine rings is 1. The third-order valence-electron chi connectivity index (χ3n) is 2.98. The summed E-state index contributed by atoms with van der Waals surface area (Å²) in [5.41, 5.74) is 2.31. The number of hydrogen-bond acceptors (Lipinski definition) is 2. The van der Waals surface area contributed by atoms with Gasteiger partial charge in [0.25, 0.3) is 0 Å². The van der Waals surface area contributed by atoms with Crippen molar-refractivity contribution >= 4 is 27.5 Å². The first-order valence-electron chi connectivity index (χ1n) is 6.12. The fourth-order valence-corrected chi connectivity index (χ4v) is 2.59. The Morgan fingerprint density at radius 1 is 1.11 bits per heavy atom. The second-order valence-electron chi connectivity index (χ2n) is 4.59. The Labute approximate surface area is 126 Å². The fourth-order valence-electron chi connectivity index (χ4n) is 2.06. The first-order valence-corrected chi connectivity index (χ1v) is 7.29. The molecule has 1 aromatic heterocycles. The zero-order valence-electron chi connectivity index (χ0n) is 10.4. The highest BCUT2D eigenvalue weighted by Crippen LogP contribution is 2.18. The van der Waals surface area contributed by atoms with Crippen LogP contribution >= 0.6 is 27.5 Å². The van der Waals surface area contributed by atoms with Gasteiger partial charge in [-0.3, -0.25) is 4.98 Å². The van der Waals surface area contributed by atoms with Crippen LogP contribution in [0.4, 0.5) is 0 Å². The Kier molecular flexibility index (Phi) is 5.37. The van der Waals surface area contributed by atoms with E-state index in [-0.39, 0.29) is 12.5 Å². The van der Waals surface area contributed by atoms with Crippen LogP contribution in [0.3, 0.4) is 0 Å². The quantitative estimate of drug-likeness (QED) is 0.895. The largest absolute Gasteiger partial charge is 0.396 e. The molecule has 0 amide bonds. The zero-order chi connectivity index (χ0) is 13.7. The monoisotopic (exact) mass is 339 g/mol. The zero-order valence-corrected chi connectivity index (χ0v) is 12.7. The Morgan fingerprint density at radius 2 is 1.79 bits per heavy atom. The molecular weight excluding hydrogens is 326 g/mol. The molecule has 2 aromatic rings. The van der Waals surface area contributed by atoms with Gasteiger partial charge in [0, 0.05) is 28.5 Å². The van der Waals surface area contributed by atoms with Crippen LogP contribution in [0.5, 0.6) is 0 Å². The third-order valence-corrected chi connectivity index (χ3v) is 3.67. The van der Waals surface area contributed by atoms with Gasteiger partial charge >= 0.3 is 0 Å². The minimum absolute atomic E-state index is 0.162. The number of aliphatic hydroxyl groups is 1. The molecule has 19 heavy (non-hydrogen) atoms. The summed E-state index contributed by atoms with van der Waals surface area (Å²) in [5, 5.41) is 10.3. The Bertz CT molecular complexity index is 530. The highest BCUT2D eigenvalue weighted by Gasteiger charge is 2.10. The predicted octanol–water partition coefficient (Wildman–Crippen LogP) is 3.89. The van der Waals surface area contributed by atoms with E-state index in [2.05, 4.69) is 20.9 Å². The number of benzene rings is 1. The smallest absolute Gasteiger partial charge is 0.0465 e. The first-order chi connectivity index (χ1) is 9.17. The highest BCUT2D eigenvalue weighted by molar-refractivity contribution is 9.10. The Hall–Kier alpha value is -0.900. The third kappa shape index (κ3) is 4.60. The van der Waals surface area contributed by atoms with E-state index in [9.17, 15) is 5.11 Å². The van der Waals surface area contributed by atoms with Crippen LogP contribution in [-0.2, 0) is 12.8 Å². The molecule has 0 saturated heterocycles. The summed E-state index contributed by atoms with van der Waals surface area (Å²) in [6.07, 6.45) is 5.25. The lowest BCUT2D eigenvalue weighted by Gasteiger charge is -2.14. The average molecular weight is 341 g/mol. The Morgan fingerprint density at radius 3 is 2.42 bits per heavy atom. The molecule has 0 aliphatic rings. The second kappa shape index (κ2) is 7.04. The molecule has 1 unspecified atom stereocenters. The van der Waals surface area contributed by atoms with E-state index < -0.39 is 0 Å². The lowest BCUT2D eigenvalue weighted by Crippen LogP contribution is -2.13. The van der Waals surface area contributed by atoms with Crippen molar-refractivity contribution in [3.05, 3.63) is 63.3 Å². The molecule has 1 N–H and O–H groups in total. The molecular formula is C15H15BrClNO. The van der Waals surface area contributed by atoms with Crippen LogP contribution < -0.4 is 0 Å². The minimum Gasteiger partial charge on any atom is -0.396 e. The van der Waals surface area contributed by atoms with Crippen LogP contribution in [0.2, 0.25) is 5.02 Å². The van der Waals surface area contributed by atoms with Crippen molar-refractivity contribution in [1.29, 1.82) is 0 Å². The summed E-state index contributed by atoms with van der Waals surface area (Å²) < 4.78 is 0.966. The van der Waals surface area contributed by atoms with Crippen LogP contribution in [-0.4, -0.2) is 16.7 Å². The van der Waals surface area contributed by atoms with Crippen molar-refractivity contribution < 1.29 is 5.11 Å². The van der Waals surface area contributed by atoms with Crippen LogP contribution in [0.15, 0.2) is 47.2 Å². The number of nitrogens with zero attached hydrogens (tertiary/aromatic N) is 1. The summed E-state index contributed by atoms with van der Waals surface area (Å²) >= 11 is 9.28. The van der Waals surface area contributed by atoms with E-state index in [1.165, 1.54) is 5.56 Å². The lowest BCUT2D eigenvalue weighted by atomic mass is 9.94. The molecule has 4 heteroatoms. The maximum absolute atomic E-state index is 9.51. The van der Waals surface area contributed by atoms with Crippen LogP contribution in [0, 0.1) is 5.92 Å². The van der Waals surface area contributed by atoms with E-state index in [1.54, 1.807) is 6.20 Å². The van der Waals surface area contributed by atoms with E-state index in [4.69, 9.17) is 11.6 Å². The molecule has 0 radical (unpaired) electrons. The molecule has 0 saturated carbocycles. The molecule has 100 valence electrons. The predicted molar refractivity (Wildman–Crippen MR) is 81.4 cm³/mol. The highest BCUT2D eigenvalue weighted by atomic mass is 79.9. The van der Waals surface area contributed by atoms with Crippen molar-refractivity contribution in [3.63, 3.8) is 0 Å². The Balaban J connectivity index is 2.02. The molecule has 0 aliphatic carbocycles. The van der Waals surface area contributed by atoms with E-state index in [1.807, 2.05) is 36.5 Å². The lowest BCUT2D eigenvalue weighted by molar-refractivity contribution is 0.225. The number of halogens is 2. The maximum atomic E-state index is 9.51. The van der Waals surface area contributed by atoms with Gasteiger partial charge in [0.1, 0.15) is 0 Å². The SMILES string of the molecule is OCC(Cc1ccc(Cl)cc1)Cc1cncc(Br)c1. The van der Waals surface area contributed by atoms with Gasteiger partial charge in [0.2, 0.25) is 0 Å². The summed E-state index contributed by atoms with van der Waals surface area (Å²) in [4.78, 5) is 4.14.